The molecule has 0 amide bonds. The number of benzene rings is 20. The first-order valence-corrected chi connectivity index (χ1v) is 53.2. The van der Waals surface area contributed by atoms with Crippen LogP contribution in [0.25, 0.3) is 163 Å². The Kier molecular flexibility index (Phi) is 32.6. The Morgan fingerprint density at radius 1 is 0.136 bits per heavy atom. The molecule has 0 fully saturated rings. The quantitative estimate of drug-likeness (QED) is 0.143. The first-order valence-electron chi connectivity index (χ1n) is 47.5. The van der Waals surface area contributed by atoms with E-state index in [4.69, 9.17) is 0 Å². The summed E-state index contributed by atoms with van der Waals surface area (Å²) in [7, 11) is 2.12. The Hall–Kier alpha value is -14.3. The van der Waals surface area contributed by atoms with Crippen LogP contribution in [0.3, 0.4) is 0 Å². The Balaban J connectivity index is 0.000000106. The molecule has 0 saturated heterocycles. The number of rotatable bonds is 0. The van der Waals surface area contributed by atoms with Crippen LogP contribution in [0.4, 0.5) is 0 Å². The number of hydrogen-bond acceptors (Lipinski definition) is 7. The molecule has 1 nitrogen and oxygen atoms in total. The molecule has 0 bridgehead atoms. The summed E-state index contributed by atoms with van der Waals surface area (Å²) >= 11 is 13.1. The van der Waals surface area contributed by atoms with Gasteiger partial charge >= 0.3 is 0 Å². The summed E-state index contributed by atoms with van der Waals surface area (Å²) in [5.41, 5.74) is 17.4. The molecule has 8 heterocycles. The Bertz CT molecular complexity index is 8370. The Morgan fingerprint density at radius 2 is 0.357 bits per heavy atom. The van der Waals surface area contributed by atoms with E-state index < -0.39 is 0 Å². The summed E-state index contributed by atoms with van der Waals surface area (Å²) in [4.78, 5) is 0. The molecule has 0 spiro atoms. The van der Waals surface area contributed by atoms with Crippen LogP contribution in [0.15, 0.2) is 467 Å². The molecular weight excluding hydrogens is 1820 g/mol. The van der Waals surface area contributed by atoms with E-state index in [1.165, 1.54) is 224 Å². The van der Waals surface area contributed by atoms with Crippen molar-refractivity contribution in [3.63, 3.8) is 0 Å². The monoisotopic (exact) mass is 1940 g/mol. The number of aryl methyl sites for hydroxylation is 12. The summed E-state index contributed by atoms with van der Waals surface area (Å²) in [6.45, 7) is 23.5. The second-order valence-corrected chi connectivity index (χ2v) is 42.8. The van der Waals surface area contributed by atoms with E-state index in [0.29, 0.717) is 0 Å². The molecule has 20 aromatic carbocycles. The number of thiophene rings is 7. The molecule has 28 rings (SSSR count). The highest BCUT2D eigenvalue weighted by molar-refractivity contribution is 7.28. The van der Waals surface area contributed by atoms with Crippen molar-refractivity contribution >= 4 is 242 Å². The third-order valence-electron chi connectivity index (χ3n) is 24.5. The smallest absolute Gasteiger partial charge is 0.0488 e. The normalized spacial score (nSPS) is 10.7. The molecule has 0 aliphatic heterocycles. The van der Waals surface area contributed by atoms with E-state index >= 15 is 0 Å². The van der Waals surface area contributed by atoms with Crippen molar-refractivity contribution in [3.05, 3.63) is 528 Å². The zero-order chi connectivity index (χ0) is 96.8. The highest BCUT2D eigenvalue weighted by Crippen LogP contribution is 2.42. The van der Waals surface area contributed by atoms with Gasteiger partial charge in [-0.3, -0.25) is 0 Å². The molecule has 8 heteroatoms. The second-order valence-electron chi connectivity index (χ2n) is 35.2. The van der Waals surface area contributed by atoms with Gasteiger partial charge in [-0.25, -0.2) is 0 Å². The van der Waals surface area contributed by atoms with Crippen molar-refractivity contribution < 1.29 is 0 Å². The van der Waals surface area contributed by atoms with Crippen LogP contribution in [-0.2, 0) is 7.05 Å². The third-order valence-corrected chi connectivity index (χ3v) is 32.7. The van der Waals surface area contributed by atoms with Gasteiger partial charge in [0, 0.05) is 170 Å². The van der Waals surface area contributed by atoms with E-state index in [9.17, 15) is 0 Å². The zero-order valence-electron chi connectivity index (χ0n) is 81.3. The number of fused-ring (bicyclic) bond motifs is 24. The van der Waals surface area contributed by atoms with Crippen LogP contribution in [0, 0.1) is 76.2 Å². The fraction of sp³-hybridized carbons (Fsp3) is 0.0909. The molecule has 0 aliphatic rings. The molecule has 0 N–H and O–H groups in total. The predicted molar refractivity (Wildman–Crippen MR) is 634 cm³/mol. The van der Waals surface area contributed by atoms with Crippen LogP contribution in [-0.4, -0.2) is 4.57 Å². The number of aromatic nitrogens is 1. The Morgan fingerprint density at radius 3 is 0.700 bits per heavy atom. The lowest BCUT2D eigenvalue weighted by Gasteiger charge is -1.95. The maximum absolute atomic E-state index is 2.27. The van der Waals surface area contributed by atoms with Gasteiger partial charge in [-0.15, -0.1) is 79.4 Å². The minimum atomic E-state index is 1.30. The van der Waals surface area contributed by atoms with Crippen molar-refractivity contribution in [1.29, 1.82) is 0 Å². The zero-order valence-corrected chi connectivity index (χ0v) is 87.0. The average molecular weight is 1940 g/mol. The van der Waals surface area contributed by atoms with E-state index in [-0.39, 0.29) is 0 Å². The molecule has 0 unspecified atom stereocenters. The highest BCUT2D eigenvalue weighted by atomic mass is 32.1. The summed E-state index contributed by atoms with van der Waals surface area (Å²) in [5, 5.41) is 22.2. The molecule has 140 heavy (non-hydrogen) atoms. The van der Waals surface area contributed by atoms with Gasteiger partial charge in [0.2, 0.25) is 0 Å². The van der Waals surface area contributed by atoms with Gasteiger partial charge in [-0.2, -0.15) is 0 Å². The van der Waals surface area contributed by atoms with Crippen LogP contribution < -0.4 is 0 Å². The molecule has 688 valence electrons. The fourth-order valence-corrected chi connectivity index (χ4v) is 25.5. The van der Waals surface area contributed by atoms with E-state index in [0.717, 1.165) is 0 Å². The highest BCUT2D eigenvalue weighted by Gasteiger charge is 2.13. The molecule has 0 atom stereocenters. The van der Waals surface area contributed by atoms with E-state index in [1.807, 2.05) is 152 Å². The number of hydrogen-bond donors (Lipinski definition) is 0. The average Bonchev–Trinajstić information content (AvgIpc) is 1.63. The van der Waals surface area contributed by atoms with E-state index in [1.54, 1.807) is 0 Å². The minimum Gasteiger partial charge on any atom is -0.344 e. The van der Waals surface area contributed by atoms with Gasteiger partial charge in [0.15, 0.2) is 0 Å². The first-order chi connectivity index (χ1) is 68.4. The van der Waals surface area contributed by atoms with Crippen LogP contribution in [0.5, 0.6) is 0 Å². The summed E-state index contributed by atoms with van der Waals surface area (Å²) in [6.07, 6.45) is 0. The lowest BCUT2D eigenvalue weighted by atomic mass is 10.1. The van der Waals surface area contributed by atoms with Gasteiger partial charge in [-0.1, -0.05) is 397 Å². The first kappa shape index (κ1) is 97.4. The molecule has 8 aromatic heterocycles. The van der Waals surface area contributed by atoms with Crippen molar-refractivity contribution in [2.45, 2.75) is 76.2 Å². The SMILES string of the molecule is Cc1ccc2c(c1)sc1ccccc12.Cc1ccc2c(c1)sc1ccccc12.Cc1ccc2sc3ccccc3c2c1.Cc1ccc2sc3ccccc3c2c1.Cc1cccc2c1sc1ccccc12.Cc1cccc2sc3ccccc3c12.Cc1cccc2sc3ccccc3c12.Cc1ccccc1.Cc1ccccc1.Cc1ccccc1.Cc1ccccc1.Cn1c2ccccc2c2ccccc21. The number of nitrogens with zero attached hydrogens (tertiary/aromatic N) is 1. The molecule has 0 saturated carbocycles. The molecule has 0 radical (unpaired) electrons. The summed E-state index contributed by atoms with van der Waals surface area (Å²) in [6, 6.07) is 165. The van der Waals surface area contributed by atoms with Gasteiger partial charge in [0.25, 0.3) is 0 Å². The predicted octanol–water partition coefficient (Wildman–Crippen LogP) is 41.9. The van der Waals surface area contributed by atoms with Crippen molar-refractivity contribution in [2.75, 3.05) is 0 Å². The van der Waals surface area contributed by atoms with E-state index in [2.05, 4.69) is 482 Å². The maximum atomic E-state index is 2.27. The molecular formula is C132H113NS7. The van der Waals surface area contributed by atoms with Gasteiger partial charge in [-0.05, 0) is 207 Å². The second kappa shape index (κ2) is 46.9. The van der Waals surface area contributed by atoms with Gasteiger partial charge < -0.3 is 4.57 Å². The molecule has 0 aliphatic carbocycles. The van der Waals surface area contributed by atoms with Crippen molar-refractivity contribution in [3.8, 4) is 0 Å². The summed E-state index contributed by atoms with van der Waals surface area (Å²) in [5.74, 6) is 0. The van der Waals surface area contributed by atoms with Crippen molar-refractivity contribution in [1.82, 2.24) is 4.57 Å². The maximum Gasteiger partial charge on any atom is 0.0488 e. The van der Waals surface area contributed by atoms with Crippen LogP contribution in [0.1, 0.15) is 61.2 Å². The minimum absolute atomic E-state index is 1.30. The Labute approximate surface area is 850 Å². The van der Waals surface area contributed by atoms with Crippen LogP contribution in [0.2, 0.25) is 0 Å². The van der Waals surface area contributed by atoms with Crippen molar-refractivity contribution in [2.24, 2.45) is 7.05 Å². The number of para-hydroxylation sites is 2. The lowest BCUT2D eigenvalue weighted by Crippen LogP contribution is -1.84. The van der Waals surface area contributed by atoms with Gasteiger partial charge in [0.05, 0.1) is 0 Å². The molecule has 28 aromatic rings. The standard InChI is InChI=1S/C13H11N.7C13H10S.4C7H8/c1-14-12-8-4-2-6-10(12)11-7-3-5-9-13(11)14;1-9-5-4-7-11-10-6-2-3-8-12(10)14-13(9)11;2*1-9-5-4-8-12-13(9)10-6-2-3-7-11(10)14-12;2*1-9-6-7-13-11(8-9)10-4-2-3-5-12(10)14-13;2*1-9-6-7-11-10-4-2-3-5-12(10)14-13(11)8-9;4*1-7-5-3-2-4-6-7/h2-9H,1H3;7*2-8H,1H3;4*2-6H,1H3. The lowest BCUT2D eigenvalue weighted by molar-refractivity contribution is 1.01. The topological polar surface area (TPSA) is 4.93 Å². The van der Waals surface area contributed by atoms with Gasteiger partial charge in [0.1, 0.15) is 0 Å². The van der Waals surface area contributed by atoms with Crippen LogP contribution >= 0.6 is 79.4 Å². The largest absolute Gasteiger partial charge is 0.344 e. The fourth-order valence-electron chi connectivity index (χ4n) is 17.4. The third kappa shape index (κ3) is 24.0. The summed E-state index contributed by atoms with van der Waals surface area (Å²) < 4.78 is 21.7.